The first-order valence-corrected chi connectivity index (χ1v) is 10.4. The van der Waals surface area contributed by atoms with Crippen LogP contribution >= 0.6 is 0 Å². The van der Waals surface area contributed by atoms with E-state index in [-0.39, 0.29) is 18.3 Å². The normalized spacial score (nSPS) is 21.2. The molecule has 2 aromatic heterocycles. The number of methoxy groups -OCH3 is 1. The molecule has 0 aliphatic carbocycles. The molecule has 2 aromatic rings. The van der Waals surface area contributed by atoms with E-state index in [2.05, 4.69) is 27.1 Å². The van der Waals surface area contributed by atoms with Gasteiger partial charge >= 0.3 is 5.97 Å². The lowest BCUT2D eigenvalue weighted by molar-refractivity contribution is -0.150. The van der Waals surface area contributed by atoms with Crippen molar-refractivity contribution >= 4 is 11.9 Å². The molecule has 1 unspecified atom stereocenters. The fourth-order valence-corrected chi connectivity index (χ4v) is 5.01. The Balaban J connectivity index is 1.50. The van der Waals surface area contributed by atoms with Gasteiger partial charge < -0.3 is 14.2 Å². The van der Waals surface area contributed by atoms with E-state index in [1.807, 2.05) is 35.5 Å². The number of likely N-dealkylation sites (tertiary alicyclic amines) is 2. The molecule has 7 nitrogen and oxygen atoms in total. The molecule has 0 bridgehead atoms. The summed E-state index contributed by atoms with van der Waals surface area (Å²) in [4.78, 5) is 33.6. The summed E-state index contributed by atoms with van der Waals surface area (Å²) in [6.45, 7) is 6.70. The largest absolute Gasteiger partial charge is 0.469 e. The topological polar surface area (TPSA) is 67.7 Å². The lowest BCUT2D eigenvalue weighted by atomic mass is 9.76. The van der Waals surface area contributed by atoms with E-state index < -0.39 is 11.5 Å². The summed E-state index contributed by atoms with van der Waals surface area (Å²) < 4.78 is 7.20. The molecule has 1 atom stereocenters. The molecule has 158 valence electrons. The minimum atomic E-state index is -0.472. The molecule has 2 saturated heterocycles. The second kappa shape index (κ2) is 8.44. The van der Waals surface area contributed by atoms with E-state index in [0.717, 1.165) is 38.2 Å². The number of carbonyl (C=O) groups is 2. The van der Waals surface area contributed by atoms with Crippen molar-refractivity contribution in [2.75, 3.05) is 26.7 Å². The molecule has 1 amide bonds. The number of amides is 1. The summed E-state index contributed by atoms with van der Waals surface area (Å²) in [5.74, 6) is -0.672. The van der Waals surface area contributed by atoms with Crippen molar-refractivity contribution in [3.63, 3.8) is 0 Å². The third-order valence-corrected chi connectivity index (χ3v) is 6.53. The monoisotopic (exact) mass is 408 g/mol. The lowest BCUT2D eigenvalue weighted by Crippen LogP contribution is -2.57. The maximum Gasteiger partial charge on any atom is 0.311 e. The molecular formula is C23H28N4O3. The van der Waals surface area contributed by atoms with Gasteiger partial charge in [-0.3, -0.25) is 19.5 Å². The van der Waals surface area contributed by atoms with Gasteiger partial charge in [-0.05, 0) is 37.1 Å². The highest BCUT2D eigenvalue weighted by atomic mass is 16.5. The zero-order chi connectivity index (χ0) is 21.1. The number of hydrogen-bond donors (Lipinski definition) is 0. The van der Waals surface area contributed by atoms with Gasteiger partial charge in [0.2, 0.25) is 5.91 Å². The molecule has 30 heavy (non-hydrogen) atoms. The Labute approximate surface area is 176 Å². The van der Waals surface area contributed by atoms with Crippen LogP contribution in [0.5, 0.6) is 0 Å². The van der Waals surface area contributed by atoms with E-state index >= 15 is 0 Å². The third kappa shape index (κ3) is 3.54. The van der Waals surface area contributed by atoms with Crippen LogP contribution in [-0.4, -0.2) is 63.5 Å². The Morgan fingerprint density at radius 2 is 2.13 bits per heavy atom. The number of aromatic nitrogens is 2. The van der Waals surface area contributed by atoms with Crippen LogP contribution in [0.25, 0.3) is 5.69 Å². The average Bonchev–Trinajstić information content (AvgIpc) is 3.34. The number of nitrogens with zero attached hydrogens (tertiary/aromatic N) is 4. The molecule has 1 spiro atoms. The predicted octanol–water partition coefficient (Wildman–Crippen LogP) is 2.41. The summed E-state index contributed by atoms with van der Waals surface area (Å²) >= 11 is 0. The fraction of sp³-hybridized carbons (Fsp3) is 0.435. The summed E-state index contributed by atoms with van der Waals surface area (Å²) in [7, 11) is 1.40. The highest BCUT2D eigenvalue weighted by molar-refractivity contribution is 5.89. The summed E-state index contributed by atoms with van der Waals surface area (Å²) in [6, 6.07) is 8.14. The summed E-state index contributed by atoms with van der Waals surface area (Å²) in [5.41, 5.74) is 1.75. The maximum absolute atomic E-state index is 12.7. The van der Waals surface area contributed by atoms with E-state index in [0.29, 0.717) is 6.54 Å². The second-order valence-electron chi connectivity index (χ2n) is 8.03. The molecule has 2 fully saturated rings. The number of pyridine rings is 1. The van der Waals surface area contributed by atoms with Crippen LogP contribution in [0.2, 0.25) is 0 Å². The molecule has 0 N–H and O–H groups in total. The standard InChI is InChI=1S/C23H28N4O3/c1-3-11-27-21(28)15-20(22(29)30-2)23(27)8-13-25(14-9-23)17-19-7-5-12-26(19)18-6-4-10-24-16-18/h3-7,10,12,16,20H,1,8-9,11,13-15,17H2,2H3. The third-order valence-electron chi connectivity index (χ3n) is 6.53. The van der Waals surface area contributed by atoms with Gasteiger partial charge in [-0.25, -0.2) is 0 Å². The number of piperidine rings is 1. The molecular weight excluding hydrogens is 380 g/mol. The van der Waals surface area contributed by atoms with Crippen molar-refractivity contribution in [2.24, 2.45) is 5.92 Å². The minimum Gasteiger partial charge on any atom is -0.469 e. The number of hydrogen-bond acceptors (Lipinski definition) is 5. The van der Waals surface area contributed by atoms with Crippen LogP contribution in [0, 0.1) is 5.92 Å². The Bertz CT molecular complexity index is 916. The molecule has 4 heterocycles. The van der Waals surface area contributed by atoms with Crippen molar-refractivity contribution in [3.8, 4) is 5.69 Å². The van der Waals surface area contributed by atoms with Gasteiger partial charge in [-0.1, -0.05) is 6.08 Å². The highest BCUT2D eigenvalue weighted by Gasteiger charge is 2.56. The van der Waals surface area contributed by atoms with Crippen molar-refractivity contribution in [3.05, 3.63) is 61.2 Å². The first kappa shape index (κ1) is 20.3. The second-order valence-corrected chi connectivity index (χ2v) is 8.03. The van der Waals surface area contributed by atoms with Gasteiger partial charge in [0.1, 0.15) is 0 Å². The van der Waals surface area contributed by atoms with Crippen LogP contribution in [0.15, 0.2) is 55.5 Å². The number of esters is 1. The predicted molar refractivity (Wildman–Crippen MR) is 113 cm³/mol. The average molecular weight is 409 g/mol. The van der Waals surface area contributed by atoms with Crippen molar-refractivity contribution in [2.45, 2.75) is 31.3 Å². The van der Waals surface area contributed by atoms with Gasteiger partial charge in [0, 0.05) is 50.7 Å². The van der Waals surface area contributed by atoms with Gasteiger partial charge in [-0.15, -0.1) is 6.58 Å². The number of ether oxygens (including phenoxy) is 1. The molecule has 0 aromatic carbocycles. The van der Waals surface area contributed by atoms with Crippen LogP contribution in [0.4, 0.5) is 0 Å². The van der Waals surface area contributed by atoms with Gasteiger partial charge in [0.05, 0.1) is 30.5 Å². The molecule has 0 saturated carbocycles. The fourth-order valence-electron chi connectivity index (χ4n) is 5.01. The maximum atomic E-state index is 12.7. The molecule has 0 radical (unpaired) electrons. The summed E-state index contributed by atoms with van der Waals surface area (Å²) in [6.07, 6.45) is 9.14. The Hall–Kier alpha value is -2.93. The highest BCUT2D eigenvalue weighted by Crippen LogP contribution is 2.44. The minimum absolute atomic E-state index is 0.0178. The van der Waals surface area contributed by atoms with E-state index in [9.17, 15) is 9.59 Å². The quantitative estimate of drug-likeness (QED) is 0.542. The molecule has 2 aliphatic heterocycles. The SMILES string of the molecule is C=CCN1C(=O)CC(C(=O)OC)C12CCN(Cc1cccn1-c1cccnc1)CC2. The first-order chi connectivity index (χ1) is 14.6. The van der Waals surface area contributed by atoms with E-state index in [4.69, 9.17) is 4.74 Å². The smallest absolute Gasteiger partial charge is 0.311 e. The zero-order valence-corrected chi connectivity index (χ0v) is 17.4. The Morgan fingerprint density at radius 3 is 2.80 bits per heavy atom. The zero-order valence-electron chi connectivity index (χ0n) is 17.4. The van der Waals surface area contributed by atoms with Crippen LogP contribution in [0.1, 0.15) is 25.0 Å². The number of rotatable bonds is 6. The van der Waals surface area contributed by atoms with E-state index in [1.165, 1.54) is 12.8 Å². The summed E-state index contributed by atoms with van der Waals surface area (Å²) in [5, 5.41) is 0. The van der Waals surface area contributed by atoms with Gasteiger partial charge in [0.25, 0.3) is 0 Å². The van der Waals surface area contributed by atoms with Gasteiger partial charge in [0.15, 0.2) is 0 Å². The molecule has 4 rings (SSSR count). The van der Waals surface area contributed by atoms with Crippen LogP contribution in [0.3, 0.4) is 0 Å². The van der Waals surface area contributed by atoms with Crippen molar-refractivity contribution < 1.29 is 14.3 Å². The van der Waals surface area contributed by atoms with Crippen LogP contribution in [-0.2, 0) is 20.9 Å². The van der Waals surface area contributed by atoms with Crippen molar-refractivity contribution in [1.29, 1.82) is 0 Å². The first-order valence-electron chi connectivity index (χ1n) is 10.4. The molecule has 2 aliphatic rings. The Kier molecular flexibility index (Phi) is 5.72. The van der Waals surface area contributed by atoms with Crippen LogP contribution < -0.4 is 0 Å². The number of carbonyl (C=O) groups excluding carboxylic acids is 2. The lowest BCUT2D eigenvalue weighted by Gasteiger charge is -2.46. The van der Waals surface area contributed by atoms with Crippen molar-refractivity contribution in [1.82, 2.24) is 19.4 Å². The molecule has 7 heteroatoms. The van der Waals surface area contributed by atoms with E-state index in [1.54, 1.807) is 12.3 Å². The van der Waals surface area contributed by atoms with Gasteiger partial charge in [-0.2, -0.15) is 0 Å². The Morgan fingerprint density at radius 1 is 1.33 bits per heavy atom.